The monoisotopic (exact) mass is 358 g/mol. The predicted molar refractivity (Wildman–Crippen MR) is 95.8 cm³/mol. The third-order valence-corrected chi connectivity index (χ3v) is 5.58. The van der Waals surface area contributed by atoms with Gasteiger partial charge in [-0.2, -0.15) is 0 Å². The van der Waals surface area contributed by atoms with Gasteiger partial charge in [-0.1, -0.05) is 36.2 Å². The molecule has 1 N–H and O–H groups in total. The van der Waals surface area contributed by atoms with Crippen molar-refractivity contribution in [2.45, 2.75) is 44.9 Å². The van der Waals surface area contributed by atoms with E-state index in [1.54, 1.807) is 6.20 Å². The Morgan fingerprint density at radius 2 is 1.95 bits per heavy atom. The molecule has 0 saturated heterocycles. The standard InChI is InChI=1S/C16H20Cl2N2OS/c1-5-14(20-22(21)16(2,3)4)10-6-7-13(17)12-9-19-15(18)8-11(10)12/h6-9,14,20H,5H2,1-4H3/t14?,22-/m1/s1. The molecule has 0 aliphatic carbocycles. The highest BCUT2D eigenvalue weighted by molar-refractivity contribution is 7.90. The van der Waals surface area contributed by atoms with Gasteiger partial charge in [-0.15, -0.1) is 4.72 Å². The molecule has 2 aromatic rings. The second-order valence-corrected chi connectivity index (χ2v) is 8.94. The van der Waals surface area contributed by atoms with Crippen molar-refractivity contribution in [2.24, 2.45) is 0 Å². The molecule has 0 radical (unpaired) electrons. The number of rotatable bonds is 4. The van der Waals surface area contributed by atoms with Crippen molar-refractivity contribution in [3.63, 3.8) is 0 Å². The molecule has 0 aliphatic rings. The SMILES string of the molecule is CCC(N[S@+]([O-])C(C)(C)C)c1ccc(Cl)c2cnc(Cl)cc12. The number of pyridine rings is 1. The van der Waals surface area contributed by atoms with Gasteiger partial charge in [0.25, 0.3) is 0 Å². The molecule has 120 valence electrons. The van der Waals surface area contributed by atoms with Crippen molar-refractivity contribution in [3.05, 3.63) is 40.1 Å². The largest absolute Gasteiger partial charge is 0.598 e. The van der Waals surface area contributed by atoms with E-state index < -0.39 is 11.4 Å². The summed E-state index contributed by atoms with van der Waals surface area (Å²) in [7, 11) is 0. The lowest BCUT2D eigenvalue weighted by Crippen LogP contribution is -2.41. The van der Waals surface area contributed by atoms with Gasteiger partial charge in [0.05, 0.1) is 6.04 Å². The van der Waals surface area contributed by atoms with Crippen LogP contribution in [0.2, 0.25) is 10.2 Å². The maximum atomic E-state index is 12.4. The van der Waals surface area contributed by atoms with Crippen LogP contribution < -0.4 is 4.72 Å². The molecule has 0 aliphatic heterocycles. The Bertz CT molecular complexity index is 673. The number of nitrogens with one attached hydrogen (secondary N) is 1. The number of hydrogen-bond donors (Lipinski definition) is 1. The van der Waals surface area contributed by atoms with Gasteiger partial charge in [-0.3, -0.25) is 0 Å². The summed E-state index contributed by atoms with van der Waals surface area (Å²) in [5.74, 6) is 0. The van der Waals surface area contributed by atoms with Crippen LogP contribution in [-0.2, 0) is 11.4 Å². The molecule has 0 saturated carbocycles. The summed E-state index contributed by atoms with van der Waals surface area (Å²) >= 11 is 11.1. The van der Waals surface area contributed by atoms with Crippen LogP contribution >= 0.6 is 23.2 Å². The van der Waals surface area contributed by atoms with Gasteiger partial charge in [0.2, 0.25) is 0 Å². The first-order valence-electron chi connectivity index (χ1n) is 7.15. The van der Waals surface area contributed by atoms with Gasteiger partial charge >= 0.3 is 0 Å². The Hall–Kier alpha value is -0.520. The molecular formula is C16H20Cl2N2OS. The Kier molecular flexibility index (Phi) is 5.62. The van der Waals surface area contributed by atoms with Crippen LogP contribution in [0.25, 0.3) is 10.8 Å². The molecule has 1 unspecified atom stereocenters. The van der Waals surface area contributed by atoms with Crippen LogP contribution in [0.5, 0.6) is 0 Å². The maximum absolute atomic E-state index is 12.4. The molecule has 0 bridgehead atoms. The average molecular weight is 359 g/mol. The van der Waals surface area contributed by atoms with E-state index in [4.69, 9.17) is 23.2 Å². The molecule has 0 spiro atoms. The quantitative estimate of drug-likeness (QED) is 0.614. The number of aromatic nitrogens is 1. The molecule has 0 amide bonds. The van der Waals surface area contributed by atoms with Crippen LogP contribution in [0.4, 0.5) is 0 Å². The van der Waals surface area contributed by atoms with E-state index in [0.29, 0.717) is 10.2 Å². The Morgan fingerprint density at radius 3 is 2.55 bits per heavy atom. The molecule has 2 rings (SSSR count). The Labute approximate surface area is 144 Å². The molecule has 6 heteroatoms. The molecule has 3 nitrogen and oxygen atoms in total. The Morgan fingerprint density at radius 1 is 1.27 bits per heavy atom. The summed E-state index contributed by atoms with van der Waals surface area (Å²) < 4.78 is 15.3. The third kappa shape index (κ3) is 3.87. The van der Waals surface area contributed by atoms with Crippen molar-refractivity contribution in [2.75, 3.05) is 0 Å². The van der Waals surface area contributed by atoms with E-state index in [1.807, 2.05) is 39.0 Å². The Balaban J connectivity index is 2.47. The van der Waals surface area contributed by atoms with Crippen LogP contribution in [0, 0.1) is 0 Å². The van der Waals surface area contributed by atoms with Crippen molar-refractivity contribution >= 4 is 45.3 Å². The summed E-state index contributed by atoms with van der Waals surface area (Å²) in [6.45, 7) is 7.90. The molecule has 1 aromatic carbocycles. The van der Waals surface area contributed by atoms with E-state index >= 15 is 0 Å². The van der Waals surface area contributed by atoms with E-state index in [2.05, 4.69) is 16.6 Å². The van der Waals surface area contributed by atoms with Crippen molar-refractivity contribution in [1.29, 1.82) is 0 Å². The number of fused-ring (bicyclic) bond motifs is 1. The minimum atomic E-state index is -1.15. The van der Waals surface area contributed by atoms with Crippen molar-refractivity contribution in [3.8, 4) is 0 Å². The smallest absolute Gasteiger partial charge is 0.136 e. The zero-order valence-corrected chi connectivity index (χ0v) is 15.4. The topological polar surface area (TPSA) is 48.0 Å². The lowest BCUT2D eigenvalue weighted by atomic mass is 9.99. The second-order valence-electron chi connectivity index (χ2n) is 6.15. The highest BCUT2D eigenvalue weighted by Crippen LogP contribution is 2.33. The summed E-state index contributed by atoms with van der Waals surface area (Å²) in [6, 6.07) is 5.57. The summed E-state index contributed by atoms with van der Waals surface area (Å²) in [5.41, 5.74) is 1.03. The van der Waals surface area contributed by atoms with Crippen LogP contribution in [0.3, 0.4) is 0 Å². The zero-order chi connectivity index (χ0) is 16.5. The fourth-order valence-corrected chi connectivity index (χ4v) is 3.46. The van der Waals surface area contributed by atoms with Crippen molar-refractivity contribution < 1.29 is 4.55 Å². The van der Waals surface area contributed by atoms with Gasteiger partial charge in [-0.25, -0.2) is 4.98 Å². The molecule has 1 aromatic heterocycles. The van der Waals surface area contributed by atoms with Crippen molar-refractivity contribution in [1.82, 2.24) is 9.71 Å². The highest BCUT2D eigenvalue weighted by Gasteiger charge is 2.29. The lowest BCUT2D eigenvalue weighted by Gasteiger charge is -2.28. The van der Waals surface area contributed by atoms with Gasteiger partial charge in [0.1, 0.15) is 9.90 Å². The average Bonchev–Trinajstić information content (AvgIpc) is 2.44. The van der Waals surface area contributed by atoms with Crippen LogP contribution in [0.15, 0.2) is 24.4 Å². The van der Waals surface area contributed by atoms with Crippen LogP contribution in [-0.4, -0.2) is 14.3 Å². The van der Waals surface area contributed by atoms with Gasteiger partial charge < -0.3 is 4.55 Å². The fourth-order valence-electron chi connectivity index (χ4n) is 2.18. The van der Waals surface area contributed by atoms with Gasteiger partial charge in [-0.05, 0) is 50.3 Å². The lowest BCUT2D eigenvalue weighted by molar-refractivity contribution is 0.520. The number of halogens is 2. The molecule has 22 heavy (non-hydrogen) atoms. The summed E-state index contributed by atoms with van der Waals surface area (Å²) in [6.07, 6.45) is 2.48. The molecule has 1 heterocycles. The third-order valence-electron chi connectivity index (χ3n) is 3.44. The first-order chi connectivity index (χ1) is 10.2. The molecular weight excluding hydrogens is 339 g/mol. The molecule has 2 atom stereocenters. The number of nitrogens with zero attached hydrogens (tertiary/aromatic N) is 1. The normalized spacial score (nSPS) is 15.0. The minimum absolute atomic E-state index is 0.0432. The fraction of sp³-hybridized carbons (Fsp3) is 0.438. The summed E-state index contributed by atoms with van der Waals surface area (Å²) in [4.78, 5) is 4.10. The molecule has 0 fully saturated rings. The van der Waals surface area contributed by atoms with Gasteiger partial charge in [0.15, 0.2) is 0 Å². The minimum Gasteiger partial charge on any atom is -0.598 e. The zero-order valence-electron chi connectivity index (χ0n) is 13.1. The summed E-state index contributed by atoms with van der Waals surface area (Å²) in [5, 5.41) is 2.85. The predicted octanol–water partition coefficient (Wildman–Crippen LogP) is 5.04. The van der Waals surface area contributed by atoms with E-state index in [0.717, 1.165) is 22.8 Å². The number of benzene rings is 1. The van der Waals surface area contributed by atoms with Gasteiger partial charge in [0, 0.05) is 28.0 Å². The first kappa shape index (κ1) is 17.8. The van der Waals surface area contributed by atoms with Crippen LogP contribution in [0.1, 0.15) is 45.7 Å². The van der Waals surface area contributed by atoms with E-state index in [9.17, 15) is 4.55 Å². The maximum Gasteiger partial charge on any atom is 0.136 e. The number of hydrogen-bond acceptors (Lipinski definition) is 3. The van der Waals surface area contributed by atoms with E-state index in [-0.39, 0.29) is 10.8 Å². The second kappa shape index (κ2) is 6.93. The first-order valence-corrected chi connectivity index (χ1v) is 9.06. The van der Waals surface area contributed by atoms with E-state index in [1.165, 1.54) is 0 Å². The highest BCUT2D eigenvalue weighted by atomic mass is 35.5.